The fraction of sp³-hybridized carbons (Fsp3) is 0.636. The van der Waals surface area contributed by atoms with E-state index in [1.807, 2.05) is 4.90 Å². The molecule has 1 aliphatic heterocycles. The smallest absolute Gasteiger partial charge is 0.276 e. The number of hydrogen-bond donors (Lipinski definition) is 1. The van der Waals surface area contributed by atoms with Gasteiger partial charge in [0.1, 0.15) is 5.76 Å². The van der Waals surface area contributed by atoms with Crippen molar-refractivity contribution in [2.24, 2.45) is 5.73 Å². The number of piperidine rings is 1. The average Bonchev–Trinajstić information content (AvgIpc) is 2.75. The highest BCUT2D eigenvalue weighted by Gasteiger charge is 2.27. The summed E-state index contributed by atoms with van der Waals surface area (Å²) in [5.74, 6) is 0.594. The SMILES string of the molecule is Cc1cc(C(=O)N2CCCCC2CN)no1. The summed E-state index contributed by atoms with van der Waals surface area (Å²) < 4.78 is 4.92. The Morgan fingerprint density at radius 3 is 3.12 bits per heavy atom. The van der Waals surface area contributed by atoms with Crippen LogP contribution >= 0.6 is 0 Å². The Balaban J connectivity index is 2.13. The lowest BCUT2D eigenvalue weighted by atomic mass is 10.0. The third kappa shape index (κ3) is 2.09. The van der Waals surface area contributed by atoms with Gasteiger partial charge < -0.3 is 15.2 Å². The largest absolute Gasteiger partial charge is 0.361 e. The molecule has 0 bridgehead atoms. The molecule has 16 heavy (non-hydrogen) atoms. The Bertz CT molecular complexity index is 375. The van der Waals surface area contributed by atoms with E-state index in [4.69, 9.17) is 10.3 Å². The van der Waals surface area contributed by atoms with E-state index in [1.165, 1.54) is 0 Å². The zero-order valence-corrected chi connectivity index (χ0v) is 9.48. The van der Waals surface area contributed by atoms with Crippen molar-refractivity contribution in [1.29, 1.82) is 0 Å². The van der Waals surface area contributed by atoms with Crippen LogP contribution in [0.2, 0.25) is 0 Å². The van der Waals surface area contributed by atoms with Gasteiger partial charge in [-0.1, -0.05) is 5.16 Å². The predicted molar refractivity (Wildman–Crippen MR) is 59.0 cm³/mol. The minimum absolute atomic E-state index is 0.0630. The molecular weight excluding hydrogens is 206 g/mol. The lowest BCUT2D eigenvalue weighted by Gasteiger charge is -2.34. The minimum Gasteiger partial charge on any atom is -0.361 e. The van der Waals surface area contributed by atoms with Crippen LogP contribution in [-0.4, -0.2) is 35.1 Å². The maximum atomic E-state index is 12.1. The second-order valence-electron chi connectivity index (χ2n) is 4.21. The monoisotopic (exact) mass is 223 g/mol. The number of carbonyl (C=O) groups is 1. The topological polar surface area (TPSA) is 72.4 Å². The Morgan fingerprint density at radius 2 is 2.50 bits per heavy atom. The van der Waals surface area contributed by atoms with Gasteiger partial charge in [0.25, 0.3) is 5.91 Å². The molecule has 2 rings (SSSR count). The maximum absolute atomic E-state index is 12.1. The number of nitrogens with zero attached hydrogens (tertiary/aromatic N) is 2. The molecule has 0 saturated carbocycles. The fourth-order valence-electron chi connectivity index (χ4n) is 2.13. The zero-order valence-electron chi connectivity index (χ0n) is 9.48. The summed E-state index contributed by atoms with van der Waals surface area (Å²) in [5.41, 5.74) is 6.06. The number of amides is 1. The molecule has 1 aromatic heterocycles. The number of aromatic nitrogens is 1. The fourth-order valence-corrected chi connectivity index (χ4v) is 2.13. The number of aryl methyl sites for hydroxylation is 1. The molecule has 1 saturated heterocycles. The van der Waals surface area contributed by atoms with Gasteiger partial charge in [-0.2, -0.15) is 0 Å². The van der Waals surface area contributed by atoms with Gasteiger partial charge >= 0.3 is 0 Å². The molecule has 5 nitrogen and oxygen atoms in total. The second kappa shape index (κ2) is 4.65. The molecule has 2 heterocycles. The van der Waals surface area contributed by atoms with Gasteiger partial charge in [-0.05, 0) is 26.2 Å². The van der Waals surface area contributed by atoms with Crippen LogP contribution < -0.4 is 5.73 Å². The molecule has 0 spiro atoms. The van der Waals surface area contributed by atoms with Gasteiger partial charge in [-0.3, -0.25) is 4.79 Å². The van der Waals surface area contributed by atoms with Crippen LogP contribution in [0.5, 0.6) is 0 Å². The Labute approximate surface area is 94.6 Å². The summed E-state index contributed by atoms with van der Waals surface area (Å²) in [6.07, 6.45) is 3.17. The molecule has 1 amide bonds. The van der Waals surface area contributed by atoms with Crippen LogP contribution in [0.3, 0.4) is 0 Å². The first-order valence-electron chi connectivity index (χ1n) is 5.66. The Hall–Kier alpha value is -1.36. The molecule has 1 unspecified atom stereocenters. The molecule has 0 radical (unpaired) electrons. The first-order chi connectivity index (χ1) is 7.72. The van der Waals surface area contributed by atoms with Gasteiger partial charge in [0.2, 0.25) is 0 Å². The van der Waals surface area contributed by atoms with Crippen LogP contribution in [0.15, 0.2) is 10.6 Å². The van der Waals surface area contributed by atoms with Gasteiger partial charge in [-0.25, -0.2) is 0 Å². The highest BCUT2D eigenvalue weighted by Crippen LogP contribution is 2.18. The third-order valence-electron chi connectivity index (χ3n) is 3.01. The molecular formula is C11H17N3O2. The van der Waals surface area contributed by atoms with Crippen molar-refractivity contribution >= 4 is 5.91 Å². The summed E-state index contributed by atoms with van der Waals surface area (Å²) in [4.78, 5) is 14.0. The van der Waals surface area contributed by atoms with E-state index in [9.17, 15) is 4.79 Å². The van der Waals surface area contributed by atoms with Crippen LogP contribution in [0.4, 0.5) is 0 Å². The predicted octanol–water partition coefficient (Wildman–Crippen LogP) is 0.936. The van der Waals surface area contributed by atoms with Crippen molar-refractivity contribution in [1.82, 2.24) is 10.1 Å². The van der Waals surface area contributed by atoms with E-state index >= 15 is 0 Å². The van der Waals surface area contributed by atoms with E-state index in [-0.39, 0.29) is 11.9 Å². The van der Waals surface area contributed by atoms with E-state index in [0.29, 0.717) is 18.0 Å². The van der Waals surface area contributed by atoms with E-state index < -0.39 is 0 Å². The summed E-state index contributed by atoms with van der Waals surface area (Å²) in [5, 5.41) is 3.75. The number of carbonyl (C=O) groups excluding carboxylic acids is 1. The number of nitrogens with two attached hydrogens (primary N) is 1. The van der Waals surface area contributed by atoms with Crippen LogP contribution in [-0.2, 0) is 0 Å². The third-order valence-corrected chi connectivity index (χ3v) is 3.01. The molecule has 1 atom stereocenters. The molecule has 88 valence electrons. The molecule has 1 fully saturated rings. The molecule has 0 aliphatic carbocycles. The molecule has 1 aromatic rings. The highest BCUT2D eigenvalue weighted by atomic mass is 16.5. The van der Waals surface area contributed by atoms with Crippen molar-refractivity contribution in [2.75, 3.05) is 13.1 Å². The number of hydrogen-bond acceptors (Lipinski definition) is 4. The first-order valence-corrected chi connectivity index (χ1v) is 5.66. The van der Waals surface area contributed by atoms with Gasteiger partial charge in [0.15, 0.2) is 5.69 Å². The highest BCUT2D eigenvalue weighted by molar-refractivity contribution is 5.92. The van der Waals surface area contributed by atoms with E-state index in [0.717, 1.165) is 25.8 Å². The zero-order chi connectivity index (χ0) is 11.5. The summed E-state index contributed by atoms with van der Waals surface area (Å²) in [6.45, 7) is 3.07. The maximum Gasteiger partial charge on any atom is 0.276 e. The molecule has 1 aliphatic rings. The van der Waals surface area contributed by atoms with Gasteiger partial charge in [-0.15, -0.1) is 0 Å². The lowest BCUT2D eigenvalue weighted by Crippen LogP contribution is -2.47. The second-order valence-corrected chi connectivity index (χ2v) is 4.21. The average molecular weight is 223 g/mol. The first kappa shape index (κ1) is 11.1. The van der Waals surface area contributed by atoms with Crippen LogP contribution in [0, 0.1) is 6.92 Å². The normalized spacial score (nSPS) is 21.1. The number of rotatable bonds is 2. The Kier molecular flexibility index (Phi) is 3.24. The van der Waals surface area contributed by atoms with Crippen molar-refractivity contribution in [3.8, 4) is 0 Å². The van der Waals surface area contributed by atoms with Crippen molar-refractivity contribution in [2.45, 2.75) is 32.2 Å². The summed E-state index contributed by atoms with van der Waals surface area (Å²) in [6, 6.07) is 1.82. The van der Waals surface area contributed by atoms with Gasteiger partial charge in [0.05, 0.1) is 0 Å². The minimum atomic E-state index is -0.0630. The van der Waals surface area contributed by atoms with E-state index in [2.05, 4.69) is 5.16 Å². The standard InChI is InChI=1S/C11H17N3O2/c1-8-6-10(13-16-8)11(15)14-5-3-2-4-9(14)7-12/h6,9H,2-5,7,12H2,1H3. The Morgan fingerprint density at radius 1 is 1.69 bits per heavy atom. The van der Waals surface area contributed by atoms with Crippen LogP contribution in [0.25, 0.3) is 0 Å². The van der Waals surface area contributed by atoms with E-state index in [1.54, 1.807) is 13.0 Å². The van der Waals surface area contributed by atoms with Crippen molar-refractivity contribution in [3.05, 3.63) is 17.5 Å². The lowest BCUT2D eigenvalue weighted by molar-refractivity contribution is 0.0612. The number of likely N-dealkylation sites (tertiary alicyclic amines) is 1. The molecule has 5 heteroatoms. The summed E-state index contributed by atoms with van der Waals surface area (Å²) in [7, 11) is 0. The molecule has 2 N–H and O–H groups in total. The summed E-state index contributed by atoms with van der Waals surface area (Å²) >= 11 is 0. The van der Waals surface area contributed by atoms with Gasteiger partial charge in [0, 0.05) is 25.2 Å². The van der Waals surface area contributed by atoms with Crippen molar-refractivity contribution in [3.63, 3.8) is 0 Å². The van der Waals surface area contributed by atoms with Crippen molar-refractivity contribution < 1.29 is 9.32 Å². The van der Waals surface area contributed by atoms with Crippen LogP contribution in [0.1, 0.15) is 35.5 Å². The quantitative estimate of drug-likeness (QED) is 0.809. The molecule has 0 aromatic carbocycles.